The maximum atomic E-state index is 12.3. The van der Waals surface area contributed by atoms with E-state index in [0.29, 0.717) is 5.69 Å². The molecule has 0 aliphatic carbocycles. The molecule has 3 aromatic rings. The smallest absolute Gasteiger partial charge is 0.236 e. The van der Waals surface area contributed by atoms with E-state index < -0.39 is 10.0 Å². The molecule has 0 radical (unpaired) electrons. The zero-order chi connectivity index (χ0) is 15.7. The highest BCUT2D eigenvalue weighted by Crippen LogP contribution is 2.19. The average molecular weight is 315 g/mol. The molecule has 2 aromatic carbocycles. The Morgan fingerprint density at radius 2 is 1.82 bits per heavy atom. The molecule has 22 heavy (non-hydrogen) atoms. The van der Waals surface area contributed by atoms with Gasteiger partial charge in [-0.3, -0.25) is 4.72 Å². The van der Waals surface area contributed by atoms with Gasteiger partial charge in [0.05, 0.1) is 22.5 Å². The van der Waals surface area contributed by atoms with E-state index in [0.717, 1.165) is 28.0 Å². The number of nitrogens with zero attached hydrogens (tertiary/aromatic N) is 1. The van der Waals surface area contributed by atoms with Crippen molar-refractivity contribution in [3.8, 4) is 0 Å². The molecule has 0 aliphatic heterocycles. The van der Waals surface area contributed by atoms with Crippen LogP contribution in [0.4, 0.5) is 5.69 Å². The molecule has 1 heterocycles. The Morgan fingerprint density at radius 3 is 2.55 bits per heavy atom. The molecule has 114 valence electrons. The van der Waals surface area contributed by atoms with Crippen LogP contribution in [0.1, 0.15) is 17.0 Å². The molecule has 2 N–H and O–H groups in total. The molecule has 0 amide bonds. The predicted molar refractivity (Wildman–Crippen MR) is 88.3 cm³/mol. The number of aromatic amines is 1. The Labute approximate surface area is 129 Å². The highest BCUT2D eigenvalue weighted by molar-refractivity contribution is 7.91. The van der Waals surface area contributed by atoms with E-state index in [1.807, 2.05) is 38.1 Å². The molecule has 6 heteroatoms. The topological polar surface area (TPSA) is 74.8 Å². The summed E-state index contributed by atoms with van der Waals surface area (Å²) < 4.78 is 27.1. The number of aromatic nitrogens is 2. The quantitative estimate of drug-likeness (QED) is 0.777. The number of hydrogen-bond donors (Lipinski definition) is 2. The van der Waals surface area contributed by atoms with Crippen LogP contribution in [0, 0.1) is 13.8 Å². The number of hydrogen-bond acceptors (Lipinski definition) is 3. The minimum absolute atomic E-state index is 0.0483. The van der Waals surface area contributed by atoms with Crippen LogP contribution in [-0.2, 0) is 15.8 Å². The van der Waals surface area contributed by atoms with Crippen LogP contribution in [0.2, 0.25) is 0 Å². The highest BCUT2D eigenvalue weighted by atomic mass is 32.2. The summed E-state index contributed by atoms with van der Waals surface area (Å²) in [4.78, 5) is 7.39. The summed E-state index contributed by atoms with van der Waals surface area (Å²) in [6.07, 6.45) is 0. The highest BCUT2D eigenvalue weighted by Gasteiger charge is 2.12. The lowest BCUT2D eigenvalue weighted by molar-refractivity contribution is 0.600. The molecule has 1 aromatic heterocycles. The van der Waals surface area contributed by atoms with Gasteiger partial charge in [0.2, 0.25) is 10.0 Å². The van der Waals surface area contributed by atoms with E-state index in [1.54, 1.807) is 18.2 Å². The van der Waals surface area contributed by atoms with E-state index in [-0.39, 0.29) is 5.75 Å². The molecule has 0 saturated heterocycles. The molecular formula is C16H17N3O2S. The summed E-state index contributed by atoms with van der Waals surface area (Å²) in [6.45, 7) is 3.83. The van der Waals surface area contributed by atoms with Crippen molar-refractivity contribution in [2.24, 2.45) is 0 Å². The number of imidazole rings is 1. The zero-order valence-corrected chi connectivity index (χ0v) is 13.2. The minimum atomic E-state index is -3.45. The maximum Gasteiger partial charge on any atom is 0.236 e. The summed E-state index contributed by atoms with van der Waals surface area (Å²) in [5, 5.41) is 0. The van der Waals surface area contributed by atoms with E-state index >= 15 is 0 Å². The summed E-state index contributed by atoms with van der Waals surface area (Å²) >= 11 is 0. The first-order valence-electron chi connectivity index (χ1n) is 6.94. The van der Waals surface area contributed by atoms with Gasteiger partial charge in [-0.15, -0.1) is 0 Å². The number of nitrogens with one attached hydrogen (secondary N) is 2. The van der Waals surface area contributed by atoms with Crippen molar-refractivity contribution in [1.29, 1.82) is 0 Å². The summed E-state index contributed by atoms with van der Waals surface area (Å²) in [5.41, 5.74) is 4.03. The molecular weight excluding hydrogens is 298 g/mol. The molecule has 0 unspecified atom stereocenters. The molecule has 0 bridgehead atoms. The fourth-order valence-corrected chi connectivity index (χ4v) is 3.51. The van der Waals surface area contributed by atoms with Crippen LogP contribution in [0.15, 0.2) is 42.5 Å². The van der Waals surface area contributed by atoms with Crippen LogP contribution in [0.3, 0.4) is 0 Å². The first-order valence-corrected chi connectivity index (χ1v) is 8.59. The predicted octanol–water partition coefficient (Wildman–Crippen LogP) is 3.12. The van der Waals surface area contributed by atoms with Crippen molar-refractivity contribution < 1.29 is 8.42 Å². The van der Waals surface area contributed by atoms with Gasteiger partial charge in [0.15, 0.2) is 0 Å². The molecule has 0 fully saturated rings. The van der Waals surface area contributed by atoms with Crippen LogP contribution < -0.4 is 4.72 Å². The molecule has 5 nitrogen and oxygen atoms in total. The van der Waals surface area contributed by atoms with Gasteiger partial charge in [-0.05, 0) is 37.6 Å². The van der Waals surface area contributed by atoms with E-state index in [4.69, 9.17) is 0 Å². The second kappa shape index (κ2) is 5.46. The third-order valence-electron chi connectivity index (χ3n) is 3.35. The number of sulfonamides is 1. The first kappa shape index (κ1) is 14.6. The minimum Gasteiger partial charge on any atom is -0.342 e. The lowest BCUT2D eigenvalue weighted by atomic mass is 10.2. The van der Waals surface area contributed by atoms with Crippen molar-refractivity contribution in [3.05, 3.63) is 59.4 Å². The number of fused-ring (bicyclic) bond motifs is 1. The lowest BCUT2D eigenvalue weighted by Gasteiger charge is -2.08. The Bertz CT molecular complexity index is 912. The van der Waals surface area contributed by atoms with Crippen LogP contribution in [0.5, 0.6) is 0 Å². The van der Waals surface area contributed by atoms with E-state index in [9.17, 15) is 8.42 Å². The second-order valence-electron chi connectivity index (χ2n) is 5.40. The van der Waals surface area contributed by atoms with Crippen LogP contribution >= 0.6 is 0 Å². The molecule has 3 rings (SSSR count). The monoisotopic (exact) mass is 315 g/mol. The summed E-state index contributed by atoms with van der Waals surface area (Å²) in [6, 6.07) is 12.7. The maximum absolute atomic E-state index is 12.3. The molecule has 0 spiro atoms. The second-order valence-corrected chi connectivity index (χ2v) is 7.12. The third-order valence-corrected chi connectivity index (χ3v) is 4.61. The Kier molecular flexibility index (Phi) is 3.62. The van der Waals surface area contributed by atoms with Crippen molar-refractivity contribution in [2.45, 2.75) is 19.6 Å². The Hall–Kier alpha value is -2.34. The lowest BCUT2D eigenvalue weighted by Crippen LogP contribution is -2.15. The molecule has 0 atom stereocenters. The van der Waals surface area contributed by atoms with E-state index in [2.05, 4.69) is 14.7 Å². The average Bonchev–Trinajstić information content (AvgIpc) is 2.80. The fourth-order valence-electron chi connectivity index (χ4n) is 2.32. The van der Waals surface area contributed by atoms with Crippen LogP contribution in [0.25, 0.3) is 11.0 Å². The first-order chi connectivity index (χ1) is 10.4. The SMILES string of the molecule is Cc1ccc(CS(=O)(=O)Nc2ccc3nc(C)[nH]c3c2)cc1. The Balaban J connectivity index is 1.81. The Morgan fingerprint density at radius 1 is 1.09 bits per heavy atom. The van der Waals surface area contributed by atoms with Gasteiger partial charge in [-0.25, -0.2) is 13.4 Å². The number of rotatable bonds is 4. The standard InChI is InChI=1S/C16H17N3O2S/c1-11-3-5-13(6-4-11)10-22(20,21)19-14-7-8-15-16(9-14)18-12(2)17-15/h3-9,19H,10H2,1-2H3,(H,17,18). The van der Waals surface area contributed by atoms with Gasteiger partial charge in [-0.2, -0.15) is 0 Å². The van der Waals surface area contributed by atoms with Gasteiger partial charge in [0.25, 0.3) is 0 Å². The summed E-state index contributed by atoms with van der Waals surface area (Å²) in [7, 11) is -3.45. The molecule has 0 aliphatic rings. The van der Waals surface area contributed by atoms with Crippen LogP contribution in [-0.4, -0.2) is 18.4 Å². The molecule has 0 saturated carbocycles. The van der Waals surface area contributed by atoms with Gasteiger partial charge >= 0.3 is 0 Å². The normalized spacial score (nSPS) is 11.7. The summed E-state index contributed by atoms with van der Waals surface area (Å²) in [5.74, 6) is 0.752. The van der Waals surface area contributed by atoms with Gasteiger partial charge in [0, 0.05) is 0 Å². The number of benzene rings is 2. The fraction of sp³-hybridized carbons (Fsp3) is 0.188. The largest absolute Gasteiger partial charge is 0.342 e. The number of H-pyrrole nitrogens is 1. The van der Waals surface area contributed by atoms with Crippen molar-refractivity contribution in [3.63, 3.8) is 0 Å². The number of aryl methyl sites for hydroxylation is 2. The third kappa shape index (κ3) is 3.28. The van der Waals surface area contributed by atoms with Gasteiger partial charge in [0.1, 0.15) is 5.82 Å². The van der Waals surface area contributed by atoms with Crippen molar-refractivity contribution in [1.82, 2.24) is 9.97 Å². The zero-order valence-electron chi connectivity index (χ0n) is 12.4. The van der Waals surface area contributed by atoms with E-state index in [1.165, 1.54) is 0 Å². The van der Waals surface area contributed by atoms with Gasteiger partial charge in [-0.1, -0.05) is 29.8 Å². The van der Waals surface area contributed by atoms with Crippen molar-refractivity contribution >= 4 is 26.7 Å². The van der Waals surface area contributed by atoms with Gasteiger partial charge < -0.3 is 4.98 Å². The number of anilines is 1. The van der Waals surface area contributed by atoms with Crippen molar-refractivity contribution in [2.75, 3.05) is 4.72 Å².